The Kier molecular flexibility index (Phi) is 5.95. The molecule has 1 unspecified atom stereocenters. The predicted molar refractivity (Wildman–Crippen MR) is 83.6 cm³/mol. The number of esters is 1. The molecule has 2 rings (SSSR count). The number of piperidine rings is 1. The number of benzene rings is 1. The highest BCUT2D eigenvalue weighted by Gasteiger charge is 2.21. The van der Waals surface area contributed by atoms with Crippen molar-refractivity contribution in [3.8, 4) is 0 Å². The number of rotatable bonds is 5. The fourth-order valence-electron chi connectivity index (χ4n) is 2.92. The Morgan fingerprint density at radius 2 is 2.05 bits per heavy atom. The standard InChI is InChI=1S/C17H24N2O3/c1-13-4-3-9-19(11-13)12-16(20)18-10-14-5-7-15(8-6-14)17(21)22-2/h5-8,13H,3-4,9-12H2,1-2H3,(H,18,20)/p+1/t13-/m1/s1. The van der Waals surface area contributed by atoms with E-state index in [2.05, 4.69) is 17.0 Å². The van der Waals surface area contributed by atoms with Crippen molar-refractivity contribution >= 4 is 11.9 Å². The van der Waals surface area contributed by atoms with Crippen LogP contribution in [-0.2, 0) is 16.1 Å². The molecule has 1 aliphatic rings. The summed E-state index contributed by atoms with van der Waals surface area (Å²) in [5.74, 6) is 0.446. The molecule has 0 saturated carbocycles. The van der Waals surface area contributed by atoms with E-state index >= 15 is 0 Å². The highest BCUT2D eigenvalue weighted by molar-refractivity contribution is 5.89. The molecule has 1 aromatic carbocycles. The summed E-state index contributed by atoms with van der Waals surface area (Å²) in [5, 5.41) is 2.95. The van der Waals surface area contributed by atoms with Crippen LogP contribution >= 0.6 is 0 Å². The Hall–Kier alpha value is -1.88. The van der Waals surface area contributed by atoms with Crippen LogP contribution in [0.4, 0.5) is 0 Å². The van der Waals surface area contributed by atoms with E-state index < -0.39 is 0 Å². The molecule has 0 aromatic heterocycles. The molecule has 1 aromatic rings. The lowest BCUT2D eigenvalue weighted by atomic mass is 10.0. The van der Waals surface area contributed by atoms with Gasteiger partial charge in [0, 0.05) is 12.5 Å². The largest absolute Gasteiger partial charge is 0.465 e. The normalized spacial score (nSPS) is 21.2. The molecule has 120 valence electrons. The summed E-state index contributed by atoms with van der Waals surface area (Å²) >= 11 is 0. The van der Waals surface area contributed by atoms with Crippen LogP contribution in [0.25, 0.3) is 0 Å². The second kappa shape index (κ2) is 7.94. The summed E-state index contributed by atoms with van der Waals surface area (Å²) < 4.78 is 4.66. The van der Waals surface area contributed by atoms with Gasteiger partial charge in [-0.05, 0) is 30.5 Å². The van der Waals surface area contributed by atoms with Crippen molar-refractivity contribution in [1.29, 1.82) is 0 Å². The van der Waals surface area contributed by atoms with Crippen LogP contribution in [0.1, 0.15) is 35.7 Å². The van der Waals surface area contributed by atoms with Crippen LogP contribution in [0.3, 0.4) is 0 Å². The van der Waals surface area contributed by atoms with Crippen molar-refractivity contribution in [1.82, 2.24) is 5.32 Å². The lowest BCUT2D eigenvalue weighted by Crippen LogP contribution is -3.14. The number of amides is 1. The van der Waals surface area contributed by atoms with E-state index in [1.165, 1.54) is 24.9 Å². The van der Waals surface area contributed by atoms with Gasteiger partial charge in [-0.15, -0.1) is 0 Å². The Morgan fingerprint density at radius 3 is 2.68 bits per heavy atom. The number of likely N-dealkylation sites (tertiary alicyclic amines) is 1. The first-order valence-electron chi connectivity index (χ1n) is 7.86. The summed E-state index contributed by atoms with van der Waals surface area (Å²) in [6.07, 6.45) is 2.48. The number of hydrogen-bond donors (Lipinski definition) is 2. The topological polar surface area (TPSA) is 59.8 Å². The second-order valence-electron chi connectivity index (χ2n) is 6.09. The maximum absolute atomic E-state index is 12.0. The molecule has 2 atom stereocenters. The summed E-state index contributed by atoms with van der Waals surface area (Å²) in [5.41, 5.74) is 1.49. The lowest BCUT2D eigenvalue weighted by Gasteiger charge is -2.27. The highest BCUT2D eigenvalue weighted by Crippen LogP contribution is 2.06. The zero-order chi connectivity index (χ0) is 15.9. The van der Waals surface area contributed by atoms with E-state index in [0.717, 1.165) is 18.7 Å². The van der Waals surface area contributed by atoms with Crippen LogP contribution < -0.4 is 10.2 Å². The summed E-state index contributed by atoms with van der Waals surface area (Å²) in [7, 11) is 1.36. The van der Waals surface area contributed by atoms with Gasteiger partial charge in [0.1, 0.15) is 0 Å². The summed E-state index contributed by atoms with van der Waals surface area (Å²) in [6, 6.07) is 7.10. The number of quaternary nitrogens is 1. The van der Waals surface area contributed by atoms with Gasteiger partial charge in [0.05, 0.1) is 25.8 Å². The number of nitrogens with one attached hydrogen (secondary N) is 2. The molecule has 1 aliphatic heterocycles. The van der Waals surface area contributed by atoms with Crippen molar-refractivity contribution in [2.24, 2.45) is 5.92 Å². The first-order chi connectivity index (χ1) is 10.6. The van der Waals surface area contributed by atoms with Crippen LogP contribution in [0, 0.1) is 5.92 Å². The molecule has 0 radical (unpaired) electrons. The minimum absolute atomic E-state index is 0.0844. The van der Waals surface area contributed by atoms with Gasteiger partial charge in [-0.2, -0.15) is 0 Å². The third-order valence-corrected chi connectivity index (χ3v) is 4.14. The smallest absolute Gasteiger partial charge is 0.337 e. The van der Waals surface area contributed by atoms with Crippen molar-refractivity contribution < 1.29 is 19.2 Å². The Balaban J connectivity index is 1.77. The Labute approximate surface area is 131 Å². The molecule has 0 spiro atoms. The van der Waals surface area contributed by atoms with Crippen LogP contribution in [0.2, 0.25) is 0 Å². The highest BCUT2D eigenvalue weighted by atomic mass is 16.5. The molecular formula is C17H25N2O3+. The fourth-order valence-corrected chi connectivity index (χ4v) is 2.92. The molecule has 1 amide bonds. The lowest BCUT2D eigenvalue weighted by molar-refractivity contribution is -0.900. The van der Waals surface area contributed by atoms with Gasteiger partial charge >= 0.3 is 5.97 Å². The Bertz CT molecular complexity index is 513. The van der Waals surface area contributed by atoms with Crippen LogP contribution in [-0.4, -0.2) is 38.6 Å². The predicted octanol–water partition coefficient (Wildman–Crippen LogP) is 0.404. The number of carbonyl (C=O) groups excluding carboxylic acids is 2. The van der Waals surface area contributed by atoms with E-state index in [9.17, 15) is 9.59 Å². The molecule has 0 aliphatic carbocycles. The number of ether oxygens (including phenoxy) is 1. The average molecular weight is 305 g/mol. The maximum Gasteiger partial charge on any atom is 0.337 e. The van der Waals surface area contributed by atoms with Gasteiger partial charge in [-0.3, -0.25) is 4.79 Å². The van der Waals surface area contributed by atoms with Gasteiger partial charge in [0.25, 0.3) is 5.91 Å². The number of hydrogen-bond acceptors (Lipinski definition) is 3. The number of carbonyl (C=O) groups is 2. The van der Waals surface area contributed by atoms with Crippen molar-refractivity contribution in [3.63, 3.8) is 0 Å². The van der Waals surface area contributed by atoms with Gasteiger partial charge in [-0.25, -0.2) is 4.79 Å². The molecule has 22 heavy (non-hydrogen) atoms. The van der Waals surface area contributed by atoms with Crippen molar-refractivity contribution in [2.45, 2.75) is 26.3 Å². The second-order valence-corrected chi connectivity index (χ2v) is 6.09. The van der Waals surface area contributed by atoms with Crippen LogP contribution in [0.5, 0.6) is 0 Å². The first-order valence-corrected chi connectivity index (χ1v) is 7.86. The monoisotopic (exact) mass is 305 g/mol. The fraction of sp³-hybridized carbons (Fsp3) is 0.529. The first kappa shape index (κ1) is 16.5. The molecule has 5 nitrogen and oxygen atoms in total. The van der Waals surface area contributed by atoms with Gasteiger partial charge in [-0.1, -0.05) is 19.1 Å². The van der Waals surface area contributed by atoms with Crippen molar-refractivity contribution in [3.05, 3.63) is 35.4 Å². The SMILES string of the molecule is COC(=O)c1ccc(CNC(=O)C[NH+]2CCC[C@@H](C)C2)cc1. The molecule has 0 bridgehead atoms. The Morgan fingerprint density at radius 1 is 1.32 bits per heavy atom. The minimum atomic E-state index is -0.349. The summed E-state index contributed by atoms with van der Waals surface area (Å²) in [4.78, 5) is 24.7. The van der Waals surface area contributed by atoms with E-state index in [4.69, 9.17) is 0 Å². The maximum atomic E-state index is 12.0. The zero-order valence-corrected chi connectivity index (χ0v) is 13.4. The molecule has 1 fully saturated rings. The van der Waals surface area contributed by atoms with E-state index in [1.54, 1.807) is 12.1 Å². The minimum Gasteiger partial charge on any atom is -0.465 e. The third-order valence-electron chi connectivity index (χ3n) is 4.14. The molecule has 2 N–H and O–H groups in total. The third kappa shape index (κ3) is 4.84. The van der Waals surface area contributed by atoms with Gasteiger partial charge in [0.2, 0.25) is 0 Å². The quantitative estimate of drug-likeness (QED) is 0.775. The molecule has 5 heteroatoms. The van der Waals surface area contributed by atoms with Crippen LogP contribution in [0.15, 0.2) is 24.3 Å². The summed E-state index contributed by atoms with van der Waals surface area (Å²) in [6.45, 7) is 5.46. The van der Waals surface area contributed by atoms with E-state index in [0.29, 0.717) is 24.6 Å². The van der Waals surface area contributed by atoms with Gasteiger partial charge < -0.3 is 15.0 Å². The average Bonchev–Trinajstić information content (AvgIpc) is 2.52. The van der Waals surface area contributed by atoms with Gasteiger partial charge in [0.15, 0.2) is 6.54 Å². The molecular weight excluding hydrogens is 280 g/mol. The zero-order valence-electron chi connectivity index (χ0n) is 13.4. The molecule has 1 heterocycles. The molecule has 1 saturated heterocycles. The number of methoxy groups -OCH3 is 1. The van der Waals surface area contributed by atoms with E-state index in [1.807, 2.05) is 12.1 Å². The van der Waals surface area contributed by atoms with E-state index in [-0.39, 0.29) is 11.9 Å². The van der Waals surface area contributed by atoms with Crippen molar-refractivity contribution in [2.75, 3.05) is 26.7 Å².